The van der Waals surface area contributed by atoms with Gasteiger partial charge in [0.05, 0.1) is 24.9 Å². The maximum atomic E-state index is 12.9. The molecule has 7 heteroatoms. The van der Waals surface area contributed by atoms with Crippen LogP contribution >= 0.6 is 11.3 Å². The number of ether oxygens (including phenoxy) is 3. The first-order valence-electron chi connectivity index (χ1n) is 9.10. The summed E-state index contributed by atoms with van der Waals surface area (Å²) in [7, 11) is 4.97. The highest BCUT2D eigenvalue weighted by Crippen LogP contribution is 2.26. The number of nitrogens with zero attached hydrogens (tertiary/aromatic N) is 2. The summed E-state index contributed by atoms with van der Waals surface area (Å²) in [6.07, 6.45) is 0. The van der Waals surface area contributed by atoms with Crippen LogP contribution in [0.5, 0.6) is 17.2 Å². The molecule has 0 N–H and O–H groups in total. The number of carbonyl (C=O) groups is 1. The Kier molecular flexibility index (Phi) is 6.72. The van der Waals surface area contributed by atoms with Crippen LogP contribution in [0.4, 0.5) is 0 Å². The van der Waals surface area contributed by atoms with Crippen LogP contribution in [-0.4, -0.2) is 37.1 Å². The van der Waals surface area contributed by atoms with Crippen LogP contribution in [0.1, 0.15) is 26.6 Å². The SMILES string of the molecule is COc1ccc(CN(C)C(=O)c2cccc(OCc3csc(C)n3)c2)c(OC)c1. The Labute approximate surface area is 174 Å². The van der Waals surface area contributed by atoms with Crippen LogP contribution in [0.3, 0.4) is 0 Å². The van der Waals surface area contributed by atoms with Crippen LogP contribution in [-0.2, 0) is 13.2 Å². The molecule has 0 radical (unpaired) electrons. The molecule has 0 bridgehead atoms. The average molecular weight is 413 g/mol. The summed E-state index contributed by atoms with van der Waals surface area (Å²) in [4.78, 5) is 18.9. The minimum absolute atomic E-state index is 0.0992. The second kappa shape index (κ2) is 9.43. The third kappa shape index (κ3) is 5.26. The van der Waals surface area contributed by atoms with E-state index in [-0.39, 0.29) is 5.91 Å². The molecule has 152 valence electrons. The zero-order valence-corrected chi connectivity index (χ0v) is 17.8. The predicted molar refractivity (Wildman–Crippen MR) is 113 cm³/mol. The van der Waals surface area contributed by atoms with Crippen molar-refractivity contribution in [2.75, 3.05) is 21.3 Å². The minimum Gasteiger partial charge on any atom is -0.497 e. The van der Waals surface area contributed by atoms with E-state index in [4.69, 9.17) is 14.2 Å². The van der Waals surface area contributed by atoms with Crippen LogP contribution in [0, 0.1) is 6.92 Å². The van der Waals surface area contributed by atoms with Gasteiger partial charge in [-0.2, -0.15) is 0 Å². The van der Waals surface area contributed by atoms with E-state index in [0.29, 0.717) is 36.0 Å². The van der Waals surface area contributed by atoms with E-state index in [1.807, 2.05) is 42.6 Å². The lowest BCUT2D eigenvalue weighted by atomic mass is 10.1. The minimum atomic E-state index is -0.0992. The van der Waals surface area contributed by atoms with Gasteiger partial charge in [-0.05, 0) is 37.3 Å². The standard InChI is InChI=1S/C22H24N2O4S/c1-15-23-18(14-29-15)13-28-20-7-5-6-16(10-20)22(25)24(2)12-17-8-9-19(26-3)11-21(17)27-4/h5-11,14H,12-13H2,1-4H3. The molecule has 0 unspecified atom stereocenters. The van der Waals surface area contributed by atoms with Crippen LogP contribution in [0.25, 0.3) is 0 Å². The maximum Gasteiger partial charge on any atom is 0.254 e. The Morgan fingerprint density at radius 3 is 2.62 bits per heavy atom. The summed E-state index contributed by atoms with van der Waals surface area (Å²) in [5.74, 6) is 1.93. The van der Waals surface area contributed by atoms with Crippen molar-refractivity contribution in [2.24, 2.45) is 0 Å². The van der Waals surface area contributed by atoms with E-state index in [9.17, 15) is 4.79 Å². The van der Waals surface area contributed by atoms with Crippen LogP contribution < -0.4 is 14.2 Å². The number of aromatic nitrogens is 1. The molecule has 0 aliphatic carbocycles. The van der Waals surface area contributed by atoms with Crippen molar-refractivity contribution in [3.8, 4) is 17.2 Å². The molecule has 0 atom stereocenters. The fraction of sp³-hybridized carbons (Fsp3) is 0.273. The van der Waals surface area contributed by atoms with Gasteiger partial charge in [-0.15, -0.1) is 11.3 Å². The Morgan fingerprint density at radius 2 is 1.93 bits per heavy atom. The van der Waals surface area contributed by atoms with Crippen molar-refractivity contribution in [2.45, 2.75) is 20.1 Å². The van der Waals surface area contributed by atoms with Crippen molar-refractivity contribution in [1.82, 2.24) is 9.88 Å². The number of carbonyl (C=O) groups excluding carboxylic acids is 1. The number of aryl methyl sites for hydroxylation is 1. The third-order valence-electron chi connectivity index (χ3n) is 4.38. The highest BCUT2D eigenvalue weighted by atomic mass is 32.1. The highest BCUT2D eigenvalue weighted by molar-refractivity contribution is 7.09. The van der Waals surface area contributed by atoms with Gasteiger partial charge in [0.25, 0.3) is 5.91 Å². The molecule has 3 aromatic rings. The lowest BCUT2D eigenvalue weighted by Gasteiger charge is -2.19. The summed E-state index contributed by atoms with van der Waals surface area (Å²) in [6.45, 7) is 2.75. The van der Waals surface area contributed by atoms with E-state index in [0.717, 1.165) is 16.3 Å². The molecule has 2 aromatic carbocycles. The third-order valence-corrected chi connectivity index (χ3v) is 5.21. The number of methoxy groups -OCH3 is 2. The zero-order chi connectivity index (χ0) is 20.8. The van der Waals surface area contributed by atoms with E-state index in [1.165, 1.54) is 0 Å². The van der Waals surface area contributed by atoms with Gasteiger partial charge in [-0.1, -0.05) is 6.07 Å². The van der Waals surface area contributed by atoms with Gasteiger partial charge in [-0.3, -0.25) is 4.79 Å². The van der Waals surface area contributed by atoms with Gasteiger partial charge >= 0.3 is 0 Å². The molecular formula is C22H24N2O4S. The van der Waals surface area contributed by atoms with Crippen LogP contribution in [0.2, 0.25) is 0 Å². The molecule has 1 amide bonds. The van der Waals surface area contributed by atoms with Gasteiger partial charge in [0.15, 0.2) is 0 Å². The van der Waals surface area contributed by atoms with Crippen LogP contribution in [0.15, 0.2) is 47.8 Å². The second-order valence-corrected chi connectivity index (χ2v) is 7.58. The Bertz CT molecular complexity index is 986. The highest BCUT2D eigenvalue weighted by Gasteiger charge is 2.15. The van der Waals surface area contributed by atoms with Crippen molar-refractivity contribution >= 4 is 17.2 Å². The van der Waals surface area contributed by atoms with E-state index in [1.54, 1.807) is 49.6 Å². The van der Waals surface area contributed by atoms with E-state index >= 15 is 0 Å². The van der Waals surface area contributed by atoms with E-state index in [2.05, 4.69) is 4.98 Å². The lowest BCUT2D eigenvalue weighted by Crippen LogP contribution is -2.26. The van der Waals surface area contributed by atoms with Crippen molar-refractivity contribution < 1.29 is 19.0 Å². The Morgan fingerprint density at radius 1 is 1.10 bits per heavy atom. The molecule has 3 rings (SSSR count). The predicted octanol–water partition coefficient (Wildman–Crippen LogP) is 4.32. The normalized spacial score (nSPS) is 10.5. The number of rotatable bonds is 8. The first kappa shape index (κ1) is 20.7. The molecule has 0 aliphatic rings. The summed E-state index contributed by atoms with van der Waals surface area (Å²) in [6, 6.07) is 12.7. The zero-order valence-electron chi connectivity index (χ0n) is 17.0. The van der Waals surface area contributed by atoms with Crippen molar-refractivity contribution in [3.05, 3.63) is 69.7 Å². The number of hydrogen-bond acceptors (Lipinski definition) is 6. The van der Waals surface area contributed by atoms with Gasteiger partial charge in [-0.25, -0.2) is 4.98 Å². The molecule has 0 aliphatic heterocycles. The smallest absolute Gasteiger partial charge is 0.254 e. The lowest BCUT2D eigenvalue weighted by molar-refractivity contribution is 0.0783. The first-order valence-corrected chi connectivity index (χ1v) is 9.98. The number of benzene rings is 2. The molecule has 0 saturated heterocycles. The first-order chi connectivity index (χ1) is 14.0. The molecule has 1 heterocycles. The molecule has 6 nitrogen and oxygen atoms in total. The summed E-state index contributed by atoms with van der Waals surface area (Å²) < 4.78 is 16.4. The molecule has 1 aromatic heterocycles. The second-order valence-electron chi connectivity index (χ2n) is 6.51. The van der Waals surface area contributed by atoms with Crippen molar-refractivity contribution in [1.29, 1.82) is 0 Å². The molecule has 0 spiro atoms. The number of thiazole rings is 1. The number of amides is 1. The van der Waals surface area contributed by atoms with Gasteiger partial charge in [0.1, 0.15) is 23.9 Å². The van der Waals surface area contributed by atoms with Crippen molar-refractivity contribution in [3.63, 3.8) is 0 Å². The topological polar surface area (TPSA) is 60.9 Å². The molecule has 0 fully saturated rings. The van der Waals surface area contributed by atoms with E-state index < -0.39 is 0 Å². The Hall–Kier alpha value is -3.06. The summed E-state index contributed by atoms with van der Waals surface area (Å²) in [5.41, 5.74) is 2.34. The van der Waals surface area contributed by atoms with Gasteiger partial charge in [0, 0.05) is 36.2 Å². The fourth-order valence-corrected chi connectivity index (χ4v) is 3.48. The molecule has 29 heavy (non-hydrogen) atoms. The summed E-state index contributed by atoms with van der Waals surface area (Å²) >= 11 is 1.59. The number of hydrogen-bond donors (Lipinski definition) is 0. The molecular weight excluding hydrogens is 388 g/mol. The largest absolute Gasteiger partial charge is 0.497 e. The summed E-state index contributed by atoms with van der Waals surface area (Å²) in [5, 5.41) is 2.98. The quantitative estimate of drug-likeness (QED) is 0.551. The van der Waals surface area contributed by atoms with Gasteiger partial charge < -0.3 is 19.1 Å². The maximum absolute atomic E-state index is 12.9. The average Bonchev–Trinajstić information content (AvgIpc) is 3.17. The monoisotopic (exact) mass is 412 g/mol. The Balaban J connectivity index is 1.68. The molecule has 0 saturated carbocycles. The fourth-order valence-electron chi connectivity index (χ4n) is 2.88. The van der Waals surface area contributed by atoms with Gasteiger partial charge in [0.2, 0.25) is 0 Å².